The second-order valence-electron chi connectivity index (χ2n) is 5.14. The molecule has 3 fully saturated rings. The molecule has 1 heterocycles. The van der Waals surface area contributed by atoms with E-state index in [0.717, 1.165) is 19.3 Å². The van der Waals surface area contributed by atoms with Crippen molar-refractivity contribution in [2.45, 2.75) is 37.9 Å². The summed E-state index contributed by atoms with van der Waals surface area (Å²) in [6.45, 7) is 5.18. The van der Waals surface area contributed by atoms with Gasteiger partial charge in [-0.1, -0.05) is 6.58 Å². The molecular formula is C12H14O4. The van der Waals surface area contributed by atoms with Crippen LogP contribution in [0.25, 0.3) is 0 Å². The van der Waals surface area contributed by atoms with Crippen LogP contribution in [-0.2, 0) is 19.1 Å². The van der Waals surface area contributed by atoms with Crippen molar-refractivity contribution >= 4 is 11.9 Å². The summed E-state index contributed by atoms with van der Waals surface area (Å²) in [6, 6.07) is 0. The molecule has 1 aliphatic heterocycles. The maximum atomic E-state index is 11.6. The number of carbonyl (C=O) groups is 2. The molecule has 2 saturated carbocycles. The molecule has 1 saturated heterocycles. The highest BCUT2D eigenvalue weighted by Gasteiger charge is 2.69. The Morgan fingerprint density at radius 2 is 2.31 bits per heavy atom. The van der Waals surface area contributed by atoms with Crippen LogP contribution in [0.4, 0.5) is 0 Å². The fourth-order valence-corrected chi connectivity index (χ4v) is 3.35. The van der Waals surface area contributed by atoms with Gasteiger partial charge in [0, 0.05) is 5.57 Å². The molecule has 2 bridgehead atoms. The molecule has 2 aliphatic carbocycles. The van der Waals surface area contributed by atoms with Crippen molar-refractivity contribution in [2.75, 3.05) is 0 Å². The van der Waals surface area contributed by atoms with E-state index in [-0.39, 0.29) is 18.0 Å². The smallest absolute Gasteiger partial charge is 0.333 e. The Hall–Kier alpha value is -1.32. The third-order valence-electron chi connectivity index (χ3n) is 4.03. The molecule has 0 aromatic carbocycles. The van der Waals surface area contributed by atoms with Crippen molar-refractivity contribution < 1.29 is 19.1 Å². The van der Waals surface area contributed by atoms with Crippen LogP contribution >= 0.6 is 0 Å². The van der Waals surface area contributed by atoms with Crippen LogP contribution in [0.1, 0.15) is 26.2 Å². The van der Waals surface area contributed by atoms with E-state index >= 15 is 0 Å². The lowest BCUT2D eigenvalue weighted by Gasteiger charge is -2.29. The Morgan fingerprint density at radius 1 is 1.56 bits per heavy atom. The number of fused-ring (bicyclic) bond motifs is 1. The Morgan fingerprint density at radius 3 is 2.94 bits per heavy atom. The van der Waals surface area contributed by atoms with E-state index in [4.69, 9.17) is 9.47 Å². The van der Waals surface area contributed by atoms with Gasteiger partial charge in [-0.2, -0.15) is 0 Å². The first-order chi connectivity index (χ1) is 7.53. The third-order valence-corrected chi connectivity index (χ3v) is 4.03. The second-order valence-corrected chi connectivity index (χ2v) is 5.14. The van der Waals surface area contributed by atoms with Gasteiger partial charge in [0.2, 0.25) is 0 Å². The minimum Gasteiger partial charge on any atom is -0.458 e. The Labute approximate surface area is 93.6 Å². The van der Waals surface area contributed by atoms with Crippen molar-refractivity contribution in [3.05, 3.63) is 12.2 Å². The maximum absolute atomic E-state index is 11.6. The fourth-order valence-electron chi connectivity index (χ4n) is 3.35. The van der Waals surface area contributed by atoms with Crippen LogP contribution in [0, 0.1) is 11.8 Å². The molecule has 0 N–H and O–H groups in total. The van der Waals surface area contributed by atoms with Crippen LogP contribution < -0.4 is 0 Å². The Kier molecular flexibility index (Phi) is 1.77. The molecule has 4 nitrogen and oxygen atoms in total. The SMILES string of the molecule is C=C(C)C(=O)OC12CC3CC1OC(=O)C2C3. The van der Waals surface area contributed by atoms with Gasteiger partial charge in [-0.3, -0.25) is 4.79 Å². The number of esters is 2. The van der Waals surface area contributed by atoms with E-state index in [1.165, 1.54) is 0 Å². The Balaban J connectivity index is 1.91. The van der Waals surface area contributed by atoms with E-state index in [0.29, 0.717) is 11.5 Å². The predicted molar refractivity (Wildman–Crippen MR) is 54.3 cm³/mol. The number of ether oxygens (including phenoxy) is 2. The summed E-state index contributed by atoms with van der Waals surface area (Å²) < 4.78 is 10.8. The average molecular weight is 222 g/mol. The topological polar surface area (TPSA) is 52.6 Å². The van der Waals surface area contributed by atoms with Crippen LogP contribution in [-0.4, -0.2) is 23.6 Å². The molecule has 4 atom stereocenters. The normalized spacial score (nSPS) is 43.3. The molecular weight excluding hydrogens is 208 g/mol. The molecule has 16 heavy (non-hydrogen) atoms. The minimum atomic E-state index is -0.669. The van der Waals surface area contributed by atoms with E-state index in [1.54, 1.807) is 6.92 Å². The summed E-state index contributed by atoms with van der Waals surface area (Å²) in [5.41, 5.74) is -0.297. The summed E-state index contributed by atoms with van der Waals surface area (Å²) in [7, 11) is 0. The number of hydrogen-bond donors (Lipinski definition) is 0. The van der Waals surface area contributed by atoms with Gasteiger partial charge in [0.15, 0.2) is 5.60 Å². The first kappa shape index (κ1) is 9.87. The van der Waals surface area contributed by atoms with Crippen molar-refractivity contribution in [3.63, 3.8) is 0 Å². The van der Waals surface area contributed by atoms with E-state index < -0.39 is 11.6 Å². The molecule has 4 heteroatoms. The van der Waals surface area contributed by atoms with E-state index in [9.17, 15) is 9.59 Å². The van der Waals surface area contributed by atoms with Crippen molar-refractivity contribution in [1.82, 2.24) is 0 Å². The predicted octanol–water partition coefficient (Wildman–Crippen LogP) is 1.20. The standard InChI is InChI=1S/C12H14O4/c1-6(2)10(13)16-12-5-7-3-8(12)11(14)15-9(12)4-7/h7-9H,1,3-5H2,2H3. The zero-order valence-corrected chi connectivity index (χ0v) is 9.19. The molecule has 4 unspecified atom stereocenters. The summed E-state index contributed by atoms with van der Waals surface area (Å²) in [5.74, 6) is -0.366. The van der Waals surface area contributed by atoms with Crippen molar-refractivity contribution in [2.24, 2.45) is 11.8 Å². The highest BCUT2D eigenvalue weighted by molar-refractivity contribution is 5.88. The molecule has 0 spiro atoms. The summed E-state index contributed by atoms with van der Waals surface area (Å²) in [6.07, 6.45) is 2.20. The molecule has 0 amide bonds. The second kappa shape index (κ2) is 2.87. The third kappa shape index (κ3) is 1.05. The van der Waals surface area contributed by atoms with Crippen LogP contribution in [0.15, 0.2) is 12.2 Å². The molecule has 0 radical (unpaired) electrons. The summed E-state index contributed by atoms with van der Waals surface area (Å²) in [5, 5.41) is 0. The maximum Gasteiger partial charge on any atom is 0.333 e. The van der Waals surface area contributed by atoms with Gasteiger partial charge >= 0.3 is 11.9 Å². The largest absolute Gasteiger partial charge is 0.458 e. The van der Waals surface area contributed by atoms with Gasteiger partial charge in [0.1, 0.15) is 12.0 Å². The minimum absolute atomic E-state index is 0.195. The first-order valence-corrected chi connectivity index (χ1v) is 5.62. The molecule has 0 aromatic heterocycles. The summed E-state index contributed by atoms with van der Waals surface area (Å²) >= 11 is 0. The lowest BCUT2D eigenvalue weighted by Crippen LogP contribution is -2.43. The van der Waals surface area contributed by atoms with Gasteiger partial charge in [-0.05, 0) is 32.1 Å². The fraction of sp³-hybridized carbons (Fsp3) is 0.667. The van der Waals surface area contributed by atoms with Gasteiger partial charge < -0.3 is 9.47 Å². The van der Waals surface area contributed by atoms with Gasteiger partial charge in [-0.25, -0.2) is 4.79 Å². The molecule has 86 valence electrons. The van der Waals surface area contributed by atoms with Gasteiger partial charge in [0.25, 0.3) is 0 Å². The lowest BCUT2D eigenvalue weighted by molar-refractivity contribution is -0.161. The molecule has 3 aliphatic rings. The van der Waals surface area contributed by atoms with Crippen molar-refractivity contribution in [3.8, 4) is 0 Å². The van der Waals surface area contributed by atoms with E-state index in [1.807, 2.05) is 0 Å². The molecule has 3 rings (SSSR count). The zero-order chi connectivity index (χ0) is 11.5. The highest BCUT2D eigenvalue weighted by atomic mass is 16.6. The summed E-state index contributed by atoms with van der Waals surface area (Å²) in [4.78, 5) is 23.2. The Bertz CT molecular complexity index is 400. The van der Waals surface area contributed by atoms with Crippen LogP contribution in [0.5, 0.6) is 0 Å². The lowest BCUT2D eigenvalue weighted by atomic mass is 9.86. The number of hydrogen-bond acceptors (Lipinski definition) is 4. The quantitative estimate of drug-likeness (QED) is 0.520. The van der Waals surface area contributed by atoms with Gasteiger partial charge in [0.05, 0.1) is 0 Å². The average Bonchev–Trinajstić information content (AvgIpc) is 2.72. The zero-order valence-electron chi connectivity index (χ0n) is 9.19. The van der Waals surface area contributed by atoms with Crippen LogP contribution in [0.3, 0.4) is 0 Å². The van der Waals surface area contributed by atoms with Crippen LogP contribution in [0.2, 0.25) is 0 Å². The van der Waals surface area contributed by atoms with Gasteiger partial charge in [-0.15, -0.1) is 0 Å². The number of rotatable bonds is 2. The van der Waals surface area contributed by atoms with Crippen molar-refractivity contribution in [1.29, 1.82) is 0 Å². The van der Waals surface area contributed by atoms with E-state index in [2.05, 4.69) is 6.58 Å². The molecule has 0 aromatic rings. The monoisotopic (exact) mass is 222 g/mol. The number of carbonyl (C=O) groups excluding carboxylic acids is 2. The highest BCUT2D eigenvalue weighted by Crippen LogP contribution is 2.59. The first-order valence-electron chi connectivity index (χ1n) is 5.62.